The van der Waals surface area contributed by atoms with Gasteiger partial charge >= 0.3 is 12.1 Å². The molecule has 0 unspecified atom stereocenters. The maximum atomic E-state index is 12.4. The number of esters is 1. The van der Waals surface area contributed by atoms with E-state index >= 15 is 0 Å². The van der Waals surface area contributed by atoms with E-state index in [-0.39, 0.29) is 11.4 Å². The average molecular weight is 432 g/mol. The van der Waals surface area contributed by atoms with Crippen LogP contribution in [-0.4, -0.2) is 36.4 Å². The molecule has 1 amide bonds. The fourth-order valence-electron chi connectivity index (χ4n) is 2.84. The summed E-state index contributed by atoms with van der Waals surface area (Å²) in [6, 6.07) is 2.86. The third-order valence-electron chi connectivity index (χ3n) is 4.51. The van der Waals surface area contributed by atoms with Crippen LogP contribution in [0.15, 0.2) is 29.2 Å². The highest BCUT2D eigenvalue weighted by atomic mass is 16.6. The molecule has 9 nitrogen and oxygen atoms in total. The van der Waals surface area contributed by atoms with Crippen molar-refractivity contribution in [3.05, 3.63) is 36.0 Å². The SMILES string of the molecule is COc1c([C@H](C)NC(=O)OC(C)(C)C)ccc(OC(=O)c2cocn2)c1OCC1CC1. The second-order valence-electron chi connectivity index (χ2n) is 8.40. The number of carbonyl (C=O) groups is 2. The van der Waals surface area contributed by atoms with E-state index in [1.807, 2.05) is 0 Å². The van der Waals surface area contributed by atoms with Crippen molar-refractivity contribution in [1.29, 1.82) is 0 Å². The van der Waals surface area contributed by atoms with Crippen molar-refractivity contribution >= 4 is 12.1 Å². The first-order chi connectivity index (χ1) is 14.7. The predicted octanol–water partition coefficient (Wildman–Crippen LogP) is 4.28. The van der Waals surface area contributed by atoms with Gasteiger partial charge in [-0.1, -0.05) is 0 Å². The largest absolute Gasteiger partial charge is 0.492 e. The smallest absolute Gasteiger partial charge is 0.408 e. The van der Waals surface area contributed by atoms with Gasteiger partial charge in [0.1, 0.15) is 11.9 Å². The lowest BCUT2D eigenvalue weighted by Gasteiger charge is -2.24. The lowest BCUT2D eigenvalue weighted by molar-refractivity contribution is 0.0507. The van der Waals surface area contributed by atoms with Crippen LogP contribution in [0.5, 0.6) is 17.2 Å². The molecule has 9 heteroatoms. The van der Waals surface area contributed by atoms with Crippen LogP contribution in [0.4, 0.5) is 4.79 Å². The Morgan fingerprint density at radius 3 is 2.58 bits per heavy atom. The number of alkyl carbamates (subject to hydrolysis) is 1. The van der Waals surface area contributed by atoms with Crippen LogP contribution in [0.25, 0.3) is 0 Å². The number of aromatic nitrogens is 1. The second-order valence-corrected chi connectivity index (χ2v) is 8.40. The van der Waals surface area contributed by atoms with Crippen LogP contribution in [-0.2, 0) is 4.74 Å². The van der Waals surface area contributed by atoms with Crippen molar-refractivity contribution in [3.63, 3.8) is 0 Å². The van der Waals surface area contributed by atoms with Crippen molar-refractivity contribution in [2.75, 3.05) is 13.7 Å². The molecule has 0 radical (unpaired) electrons. The Hall–Kier alpha value is -3.23. The summed E-state index contributed by atoms with van der Waals surface area (Å²) in [5, 5.41) is 2.79. The fraction of sp³-hybridized carbons (Fsp3) is 0.500. The first-order valence-electron chi connectivity index (χ1n) is 10.1. The van der Waals surface area contributed by atoms with Crippen LogP contribution in [0.1, 0.15) is 62.6 Å². The molecule has 1 aliphatic rings. The summed E-state index contributed by atoms with van der Waals surface area (Å²) in [5.41, 5.74) is 0.0718. The summed E-state index contributed by atoms with van der Waals surface area (Å²) in [5.74, 6) is 0.638. The van der Waals surface area contributed by atoms with Gasteiger partial charge in [-0.3, -0.25) is 0 Å². The van der Waals surface area contributed by atoms with Crippen molar-refractivity contribution in [2.24, 2.45) is 5.92 Å². The predicted molar refractivity (Wildman–Crippen MR) is 110 cm³/mol. The number of methoxy groups -OCH3 is 1. The molecule has 1 aromatic heterocycles. The molecule has 1 aliphatic carbocycles. The zero-order chi connectivity index (χ0) is 22.6. The number of nitrogens with one attached hydrogen (secondary N) is 1. The Labute approximate surface area is 181 Å². The van der Waals surface area contributed by atoms with Crippen molar-refractivity contribution in [2.45, 2.75) is 52.2 Å². The number of benzene rings is 1. The van der Waals surface area contributed by atoms with E-state index in [0.29, 0.717) is 29.6 Å². The Kier molecular flexibility index (Phi) is 6.72. The molecule has 1 N–H and O–H groups in total. The Bertz CT molecular complexity index is 915. The van der Waals surface area contributed by atoms with E-state index in [1.165, 1.54) is 13.4 Å². The van der Waals surface area contributed by atoms with E-state index < -0.39 is 23.7 Å². The van der Waals surface area contributed by atoms with Gasteiger partial charge in [0.15, 0.2) is 23.6 Å². The van der Waals surface area contributed by atoms with Crippen molar-refractivity contribution < 1.29 is 33.0 Å². The van der Waals surface area contributed by atoms with Gasteiger partial charge in [-0.15, -0.1) is 0 Å². The lowest BCUT2D eigenvalue weighted by atomic mass is 10.1. The van der Waals surface area contributed by atoms with E-state index in [4.69, 9.17) is 23.4 Å². The van der Waals surface area contributed by atoms with Gasteiger partial charge in [0.05, 0.1) is 19.8 Å². The molecule has 1 fully saturated rings. The van der Waals surface area contributed by atoms with Crippen LogP contribution in [0, 0.1) is 5.92 Å². The van der Waals surface area contributed by atoms with Gasteiger partial charge < -0.3 is 28.7 Å². The summed E-state index contributed by atoms with van der Waals surface area (Å²) < 4.78 is 27.2. The standard InChI is InChI=1S/C22H28N2O7/c1-13(24-21(26)31-22(2,3)4)15-8-9-17(30-20(25)16-11-28-12-23-16)19(18(15)27-5)29-10-14-6-7-14/h8-9,11-14H,6-7,10H2,1-5H3,(H,24,26)/t13-/m0/s1. The van der Waals surface area contributed by atoms with Gasteiger partial charge in [-0.2, -0.15) is 0 Å². The summed E-state index contributed by atoms with van der Waals surface area (Å²) in [6.45, 7) is 7.65. The van der Waals surface area contributed by atoms with Gasteiger partial charge in [0.25, 0.3) is 0 Å². The fourth-order valence-corrected chi connectivity index (χ4v) is 2.84. The molecule has 1 aromatic carbocycles. The third-order valence-corrected chi connectivity index (χ3v) is 4.51. The van der Waals surface area contributed by atoms with Gasteiger partial charge in [-0.25, -0.2) is 14.6 Å². The van der Waals surface area contributed by atoms with E-state index in [2.05, 4.69) is 10.3 Å². The lowest BCUT2D eigenvalue weighted by Crippen LogP contribution is -2.34. The number of hydrogen-bond donors (Lipinski definition) is 1. The molecule has 2 aromatic rings. The van der Waals surface area contributed by atoms with Gasteiger partial charge in [-0.05, 0) is 58.6 Å². The number of hydrogen-bond acceptors (Lipinski definition) is 8. The minimum Gasteiger partial charge on any atom is -0.492 e. The van der Waals surface area contributed by atoms with E-state index in [9.17, 15) is 9.59 Å². The molecule has 0 spiro atoms. The maximum Gasteiger partial charge on any atom is 0.408 e. The van der Waals surface area contributed by atoms with Crippen LogP contribution >= 0.6 is 0 Å². The van der Waals surface area contributed by atoms with Crippen molar-refractivity contribution in [1.82, 2.24) is 10.3 Å². The zero-order valence-electron chi connectivity index (χ0n) is 18.4. The van der Waals surface area contributed by atoms with Gasteiger partial charge in [0.2, 0.25) is 5.75 Å². The quantitative estimate of drug-likeness (QED) is 0.486. The number of rotatable bonds is 8. The zero-order valence-corrected chi connectivity index (χ0v) is 18.4. The molecule has 0 saturated heterocycles. The molecule has 3 rings (SSSR count). The molecular formula is C22H28N2O7. The molecule has 168 valence electrons. The van der Waals surface area contributed by atoms with E-state index in [1.54, 1.807) is 39.8 Å². The molecule has 1 atom stereocenters. The first-order valence-corrected chi connectivity index (χ1v) is 10.1. The number of ether oxygens (including phenoxy) is 4. The minimum atomic E-state index is -0.681. The maximum absolute atomic E-state index is 12.4. The molecular weight excluding hydrogens is 404 g/mol. The second kappa shape index (κ2) is 9.28. The summed E-state index contributed by atoms with van der Waals surface area (Å²) >= 11 is 0. The monoisotopic (exact) mass is 432 g/mol. The summed E-state index contributed by atoms with van der Waals surface area (Å²) in [7, 11) is 1.49. The molecule has 1 saturated carbocycles. The highest BCUT2D eigenvalue weighted by molar-refractivity contribution is 5.89. The average Bonchev–Trinajstić information content (AvgIpc) is 3.34. The van der Waals surface area contributed by atoms with Crippen LogP contribution in [0.3, 0.4) is 0 Å². The molecule has 0 bridgehead atoms. The summed E-state index contributed by atoms with van der Waals surface area (Å²) in [6.07, 6.45) is 3.98. The first kappa shape index (κ1) is 22.5. The van der Waals surface area contributed by atoms with E-state index in [0.717, 1.165) is 19.2 Å². The third kappa shape index (κ3) is 6.13. The Balaban J connectivity index is 1.86. The molecule has 0 aliphatic heterocycles. The molecule has 31 heavy (non-hydrogen) atoms. The number of amides is 1. The molecule has 1 heterocycles. The Morgan fingerprint density at radius 2 is 2.00 bits per heavy atom. The van der Waals surface area contributed by atoms with Gasteiger partial charge in [0, 0.05) is 5.56 Å². The Morgan fingerprint density at radius 1 is 1.26 bits per heavy atom. The minimum absolute atomic E-state index is 0.0381. The van der Waals surface area contributed by atoms with Crippen LogP contribution < -0.4 is 19.5 Å². The number of carbonyl (C=O) groups excluding carboxylic acids is 2. The highest BCUT2D eigenvalue weighted by Gasteiger charge is 2.28. The highest BCUT2D eigenvalue weighted by Crippen LogP contribution is 2.44. The normalized spacial score (nSPS) is 14.5. The topological polar surface area (TPSA) is 109 Å². The van der Waals surface area contributed by atoms with Crippen molar-refractivity contribution in [3.8, 4) is 17.2 Å². The number of oxazole rings is 1. The van der Waals surface area contributed by atoms with Crippen LogP contribution in [0.2, 0.25) is 0 Å². The summed E-state index contributed by atoms with van der Waals surface area (Å²) in [4.78, 5) is 28.4. The number of nitrogens with zero attached hydrogens (tertiary/aromatic N) is 1.